The Morgan fingerprint density at radius 2 is 2.17 bits per heavy atom. The molecule has 0 aliphatic rings. The summed E-state index contributed by atoms with van der Waals surface area (Å²) >= 11 is 5.57. The minimum atomic E-state index is -2.99. The molecule has 100 valence electrons. The van der Waals surface area contributed by atoms with Crippen LogP contribution in [0, 0.1) is 0 Å². The lowest BCUT2D eigenvalue weighted by Crippen LogP contribution is -2.12. The molecule has 1 rings (SSSR count). The first kappa shape index (κ1) is 14.7. The molecule has 0 saturated carbocycles. The molecule has 18 heavy (non-hydrogen) atoms. The molecule has 0 heterocycles. The van der Waals surface area contributed by atoms with E-state index >= 15 is 0 Å². The van der Waals surface area contributed by atoms with Crippen LogP contribution in [-0.4, -0.2) is 25.6 Å². The van der Waals surface area contributed by atoms with Gasteiger partial charge in [-0.2, -0.15) is 8.78 Å². The summed E-state index contributed by atoms with van der Waals surface area (Å²) in [5.74, 6) is -0.458. The molecule has 0 fully saturated rings. The third-order valence-electron chi connectivity index (χ3n) is 2.30. The highest BCUT2D eigenvalue weighted by Gasteiger charge is 2.20. The molecule has 0 spiro atoms. The summed E-state index contributed by atoms with van der Waals surface area (Å²) in [6.45, 7) is -2.99. The van der Waals surface area contributed by atoms with Crippen LogP contribution in [0.1, 0.15) is 22.3 Å². The molecule has 1 aromatic carbocycles. The lowest BCUT2D eigenvalue weighted by Gasteiger charge is -2.13. The van der Waals surface area contributed by atoms with Crippen LogP contribution in [0.15, 0.2) is 18.2 Å². The molecule has 1 aromatic rings. The van der Waals surface area contributed by atoms with E-state index < -0.39 is 12.6 Å². The van der Waals surface area contributed by atoms with Crippen molar-refractivity contribution in [3.8, 4) is 5.75 Å². The number of alkyl halides is 3. The fraction of sp³-hybridized carbons (Fsp3) is 0.417. The van der Waals surface area contributed by atoms with Crippen LogP contribution >= 0.6 is 11.6 Å². The van der Waals surface area contributed by atoms with Crippen LogP contribution in [-0.2, 0) is 11.2 Å². The molecule has 0 aromatic heterocycles. The minimum absolute atomic E-state index is 0.0328. The van der Waals surface area contributed by atoms with Crippen molar-refractivity contribution >= 4 is 17.6 Å². The van der Waals surface area contributed by atoms with Crippen LogP contribution in [0.4, 0.5) is 8.78 Å². The fourth-order valence-corrected chi connectivity index (χ4v) is 1.70. The number of halogens is 3. The summed E-state index contributed by atoms with van der Waals surface area (Å²) in [4.78, 5) is 11.6. The van der Waals surface area contributed by atoms with E-state index in [0.29, 0.717) is 24.3 Å². The van der Waals surface area contributed by atoms with Gasteiger partial charge in [0, 0.05) is 5.88 Å². The lowest BCUT2D eigenvalue weighted by atomic mass is 10.0. The highest BCUT2D eigenvalue weighted by atomic mass is 35.5. The topological polar surface area (TPSA) is 35.5 Å². The molecule has 0 amide bonds. The SMILES string of the molecule is COC(=O)c1c(CCCCl)cccc1OC(F)F. The second-order valence-electron chi connectivity index (χ2n) is 3.45. The Morgan fingerprint density at radius 1 is 1.44 bits per heavy atom. The molecule has 0 bridgehead atoms. The van der Waals surface area contributed by atoms with Crippen LogP contribution < -0.4 is 4.74 Å². The lowest BCUT2D eigenvalue weighted by molar-refractivity contribution is -0.0504. The number of carbonyl (C=O) groups is 1. The Hall–Kier alpha value is -1.36. The highest BCUT2D eigenvalue weighted by Crippen LogP contribution is 2.26. The van der Waals surface area contributed by atoms with E-state index in [1.165, 1.54) is 13.2 Å². The molecule has 0 N–H and O–H groups in total. The number of rotatable bonds is 6. The summed E-state index contributed by atoms with van der Waals surface area (Å²) < 4.78 is 33.4. The van der Waals surface area contributed by atoms with Crippen LogP contribution in [0.25, 0.3) is 0 Å². The molecule has 0 aliphatic carbocycles. The van der Waals surface area contributed by atoms with Gasteiger partial charge in [0.25, 0.3) is 0 Å². The average molecular weight is 279 g/mol. The Bertz CT molecular complexity index is 410. The van der Waals surface area contributed by atoms with Gasteiger partial charge in [-0.05, 0) is 24.5 Å². The Labute approximate surface area is 109 Å². The van der Waals surface area contributed by atoms with E-state index in [9.17, 15) is 13.6 Å². The molecular formula is C12H13ClF2O3. The monoisotopic (exact) mass is 278 g/mol. The minimum Gasteiger partial charge on any atom is -0.465 e. The fourth-order valence-electron chi connectivity index (χ4n) is 1.57. The van der Waals surface area contributed by atoms with Gasteiger partial charge in [0.1, 0.15) is 11.3 Å². The summed E-state index contributed by atoms with van der Waals surface area (Å²) in [5, 5.41) is 0. The van der Waals surface area contributed by atoms with Crippen molar-refractivity contribution in [2.24, 2.45) is 0 Å². The van der Waals surface area contributed by atoms with Gasteiger partial charge in [-0.1, -0.05) is 12.1 Å². The van der Waals surface area contributed by atoms with Gasteiger partial charge in [-0.25, -0.2) is 4.79 Å². The summed E-state index contributed by atoms with van der Waals surface area (Å²) in [6, 6.07) is 4.52. The van der Waals surface area contributed by atoms with E-state index in [4.69, 9.17) is 11.6 Å². The predicted octanol–water partition coefficient (Wildman–Crippen LogP) is 3.25. The zero-order chi connectivity index (χ0) is 13.5. The van der Waals surface area contributed by atoms with Gasteiger partial charge in [0.05, 0.1) is 7.11 Å². The standard InChI is InChI=1S/C12H13ClF2O3/c1-17-11(16)10-8(5-3-7-13)4-2-6-9(10)18-12(14)15/h2,4,6,12H,3,5,7H2,1H3. The van der Waals surface area contributed by atoms with Crippen molar-refractivity contribution < 1.29 is 23.0 Å². The number of benzene rings is 1. The maximum absolute atomic E-state index is 12.3. The third-order valence-corrected chi connectivity index (χ3v) is 2.57. The van der Waals surface area contributed by atoms with E-state index in [1.807, 2.05) is 0 Å². The number of ether oxygens (including phenoxy) is 2. The van der Waals surface area contributed by atoms with Crippen LogP contribution in [0.3, 0.4) is 0 Å². The number of esters is 1. The van der Waals surface area contributed by atoms with Gasteiger partial charge in [-0.3, -0.25) is 0 Å². The van der Waals surface area contributed by atoms with Crippen LogP contribution in [0.2, 0.25) is 0 Å². The first-order valence-corrected chi connectivity index (χ1v) is 5.84. The van der Waals surface area contributed by atoms with E-state index in [-0.39, 0.29) is 11.3 Å². The zero-order valence-corrected chi connectivity index (χ0v) is 10.5. The molecular weight excluding hydrogens is 266 g/mol. The number of hydrogen-bond acceptors (Lipinski definition) is 3. The smallest absolute Gasteiger partial charge is 0.387 e. The molecule has 0 atom stereocenters. The predicted molar refractivity (Wildman–Crippen MR) is 63.5 cm³/mol. The van der Waals surface area contributed by atoms with Crippen molar-refractivity contribution in [3.63, 3.8) is 0 Å². The summed E-state index contributed by atoms with van der Waals surface area (Å²) in [6.07, 6.45) is 1.12. The maximum Gasteiger partial charge on any atom is 0.387 e. The Kier molecular flexibility index (Phi) is 5.85. The van der Waals surface area contributed by atoms with Crippen molar-refractivity contribution in [1.29, 1.82) is 0 Å². The first-order chi connectivity index (χ1) is 8.60. The molecule has 0 radical (unpaired) electrons. The van der Waals surface area contributed by atoms with Crippen molar-refractivity contribution in [2.45, 2.75) is 19.5 Å². The van der Waals surface area contributed by atoms with E-state index in [0.717, 1.165) is 0 Å². The van der Waals surface area contributed by atoms with Crippen molar-refractivity contribution in [2.75, 3.05) is 13.0 Å². The third kappa shape index (κ3) is 3.84. The highest BCUT2D eigenvalue weighted by molar-refractivity contribution is 6.17. The number of methoxy groups -OCH3 is 1. The zero-order valence-electron chi connectivity index (χ0n) is 9.79. The number of aryl methyl sites for hydroxylation is 1. The molecule has 0 unspecified atom stereocenters. The molecule has 6 heteroatoms. The van der Waals surface area contributed by atoms with Gasteiger partial charge < -0.3 is 9.47 Å². The van der Waals surface area contributed by atoms with Gasteiger partial charge in [0.2, 0.25) is 0 Å². The quantitative estimate of drug-likeness (QED) is 0.592. The second-order valence-corrected chi connectivity index (χ2v) is 3.83. The molecule has 0 saturated heterocycles. The normalized spacial score (nSPS) is 10.5. The summed E-state index contributed by atoms with van der Waals surface area (Å²) in [5.41, 5.74) is 0.617. The van der Waals surface area contributed by atoms with Crippen molar-refractivity contribution in [1.82, 2.24) is 0 Å². The number of hydrogen-bond donors (Lipinski definition) is 0. The molecule has 3 nitrogen and oxygen atoms in total. The van der Waals surface area contributed by atoms with E-state index in [1.54, 1.807) is 12.1 Å². The van der Waals surface area contributed by atoms with E-state index in [2.05, 4.69) is 9.47 Å². The van der Waals surface area contributed by atoms with Gasteiger partial charge in [0.15, 0.2) is 0 Å². The van der Waals surface area contributed by atoms with Crippen molar-refractivity contribution in [3.05, 3.63) is 29.3 Å². The molecule has 0 aliphatic heterocycles. The Morgan fingerprint density at radius 3 is 2.72 bits per heavy atom. The maximum atomic E-state index is 12.3. The summed E-state index contributed by atoms with van der Waals surface area (Å²) in [7, 11) is 1.19. The first-order valence-electron chi connectivity index (χ1n) is 5.31. The largest absolute Gasteiger partial charge is 0.465 e. The Balaban J connectivity index is 3.12. The van der Waals surface area contributed by atoms with Gasteiger partial charge in [-0.15, -0.1) is 11.6 Å². The second kappa shape index (κ2) is 7.16. The van der Waals surface area contributed by atoms with Gasteiger partial charge >= 0.3 is 12.6 Å². The van der Waals surface area contributed by atoms with Crippen LogP contribution in [0.5, 0.6) is 5.75 Å². The average Bonchev–Trinajstić information content (AvgIpc) is 2.34. The number of carbonyl (C=O) groups excluding carboxylic acids is 1.